The maximum absolute atomic E-state index is 12.6. The first kappa shape index (κ1) is 24.7. The van der Waals surface area contributed by atoms with Crippen LogP contribution < -0.4 is 5.32 Å². The van der Waals surface area contributed by atoms with Gasteiger partial charge in [0, 0.05) is 26.3 Å². The topological polar surface area (TPSA) is 161 Å². The van der Waals surface area contributed by atoms with E-state index in [0.717, 1.165) is 0 Å². The molecule has 2 aromatic heterocycles. The number of carbonyl (C=O) groups excluding carboxylic acids is 4. The number of hydrogen-bond acceptors (Lipinski definition) is 11. The molecule has 1 fully saturated rings. The van der Waals surface area contributed by atoms with Crippen LogP contribution in [0, 0.1) is 0 Å². The van der Waals surface area contributed by atoms with Crippen LogP contribution in [0.1, 0.15) is 37.4 Å². The van der Waals surface area contributed by atoms with E-state index in [1.807, 2.05) is 0 Å². The first-order valence-corrected chi connectivity index (χ1v) is 10.9. The number of carbonyl (C=O) groups is 4. The predicted molar refractivity (Wildman–Crippen MR) is 121 cm³/mol. The normalized spacial score (nSPS) is 21.1. The summed E-state index contributed by atoms with van der Waals surface area (Å²) in [5.74, 6) is -2.09. The third-order valence-electron chi connectivity index (χ3n) is 5.24. The van der Waals surface area contributed by atoms with E-state index in [1.54, 1.807) is 30.3 Å². The molecule has 0 saturated carbocycles. The van der Waals surface area contributed by atoms with Crippen molar-refractivity contribution >= 4 is 40.8 Å². The smallest absolute Gasteiger partial charge is 0.303 e. The van der Waals surface area contributed by atoms with Crippen molar-refractivity contribution in [2.45, 2.75) is 45.3 Å². The van der Waals surface area contributed by atoms with Gasteiger partial charge in [0.25, 0.3) is 5.91 Å². The third-order valence-corrected chi connectivity index (χ3v) is 5.24. The molecule has 3 aromatic rings. The maximum Gasteiger partial charge on any atom is 0.303 e. The van der Waals surface area contributed by atoms with Crippen LogP contribution in [0.15, 0.2) is 43.0 Å². The van der Waals surface area contributed by atoms with E-state index in [9.17, 15) is 19.2 Å². The quantitative estimate of drug-likeness (QED) is 0.371. The molecule has 0 bridgehead atoms. The molecule has 4 atom stereocenters. The molecular formula is C23H23N5O8. The number of esters is 3. The molecule has 1 saturated heterocycles. The summed E-state index contributed by atoms with van der Waals surface area (Å²) in [4.78, 5) is 60.4. The van der Waals surface area contributed by atoms with Crippen molar-refractivity contribution in [3.05, 3.63) is 48.5 Å². The molecule has 13 heteroatoms. The Kier molecular flexibility index (Phi) is 7.20. The number of imidazole rings is 1. The van der Waals surface area contributed by atoms with Gasteiger partial charge in [-0.2, -0.15) is 0 Å². The van der Waals surface area contributed by atoms with Crippen LogP contribution in [0.5, 0.6) is 0 Å². The molecule has 1 aliphatic heterocycles. The number of ether oxygens (including phenoxy) is 4. The SMILES string of the molecule is CC(=O)OCC1OC(n2cnc3c(NC(=O)c4ccccc4)ncnc32)C(OC(C)=O)C1OC(C)=O. The molecule has 0 radical (unpaired) electrons. The lowest BCUT2D eigenvalue weighted by molar-refractivity contribution is -0.166. The van der Waals surface area contributed by atoms with Gasteiger partial charge in [-0.05, 0) is 12.1 Å². The van der Waals surface area contributed by atoms with Gasteiger partial charge >= 0.3 is 17.9 Å². The number of hydrogen-bond donors (Lipinski definition) is 1. The average molecular weight is 497 g/mol. The Balaban J connectivity index is 1.68. The maximum atomic E-state index is 12.6. The second-order valence-corrected chi connectivity index (χ2v) is 7.88. The largest absolute Gasteiger partial charge is 0.463 e. The number of nitrogens with one attached hydrogen (secondary N) is 1. The fourth-order valence-corrected chi connectivity index (χ4v) is 3.82. The monoisotopic (exact) mass is 497 g/mol. The summed E-state index contributed by atoms with van der Waals surface area (Å²) in [5, 5.41) is 2.71. The van der Waals surface area contributed by atoms with Crippen molar-refractivity contribution in [2.75, 3.05) is 11.9 Å². The number of fused-ring (bicyclic) bond motifs is 1. The molecule has 1 amide bonds. The number of rotatable bonds is 7. The second kappa shape index (κ2) is 10.5. The van der Waals surface area contributed by atoms with Crippen LogP contribution in [0.4, 0.5) is 5.82 Å². The van der Waals surface area contributed by atoms with Gasteiger partial charge in [0.1, 0.15) is 19.0 Å². The molecule has 4 rings (SSSR count). The Morgan fingerprint density at radius 3 is 2.31 bits per heavy atom. The summed E-state index contributed by atoms with van der Waals surface area (Å²) in [6, 6.07) is 8.57. The number of benzene rings is 1. The van der Waals surface area contributed by atoms with Crippen LogP contribution >= 0.6 is 0 Å². The first-order chi connectivity index (χ1) is 17.2. The summed E-state index contributed by atoms with van der Waals surface area (Å²) in [7, 11) is 0. The molecule has 3 heterocycles. The molecule has 0 aliphatic carbocycles. The van der Waals surface area contributed by atoms with Crippen molar-refractivity contribution in [3.63, 3.8) is 0 Å². The Bertz CT molecular complexity index is 1290. The first-order valence-electron chi connectivity index (χ1n) is 10.9. The lowest BCUT2D eigenvalue weighted by atomic mass is 10.1. The zero-order valence-corrected chi connectivity index (χ0v) is 19.6. The predicted octanol–water partition coefficient (Wildman–Crippen LogP) is 1.40. The highest BCUT2D eigenvalue weighted by molar-refractivity contribution is 6.06. The Labute approximate surface area is 204 Å². The number of nitrogens with zero attached hydrogens (tertiary/aromatic N) is 4. The zero-order valence-electron chi connectivity index (χ0n) is 19.6. The van der Waals surface area contributed by atoms with Gasteiger partial charge in [-0.25, -0.2) is 15.0 Å². The molecule has 13 nitrogen and oxygen atoms in total. The standard InChI is InChI=1S/C23H23N5O8/c1-12(29)33-9-16-18(34-13(2)30)19(35-14(3)31)23(36-16)28-11-26-17-20(24-10-25-21(17)28)27-22(32)15-7-5-4-6-8-15/h4-8,10-11,16,18-19,23H,9H2,1-3H3,(H,24,25,27,32). The molecule has 1 aliphatic rings. The van der Waals surface area contributed by atoms with Crippen LogP contribution in [0.3, 0.4) is 0 Å². The van der Waals surface area contributed by atoms with Gasteiger partial charge in [0.05, 0.1) is 6.33 Å². The molecule has 0 spiro atoms. The zero-order chi connectivity index (χ0) is 25.8. The Hall–Kier alpha value is -4.39. The Morgan fingerprint density at radius 2 is 1.64 bits per heavy atom. The minimum atomic E-state index is -1.11. The highest BCUT2D eigenvalue weighted by Gasteiger charge is 2.51. The summed E-state index contributed by atoms with van der Waals surface area (Å²) < 4.78 is 23.4. The van der Waals surface area contributed by atoms with Crippen molar-refractivity contribution in [1.29, 1.82) is 0 Å². The highest BCUT2D eigenvalue weighted by atomic mass is 16.7. The van der Waals surface area contributed by atoms with E-state index >= 15 is 0 Å². The van der Waals surface area contributed by atoms with Crippen molar-refractivity contribution < 1.29 is 38.1 Å². The minimum Gasteiger partial charge on any atom is -0.463 e. The number of aromatic nitrogens is 4. The summed E-state index contributed by atoms with van der Waals surface area (Å²) in [5.41, 5.74) is 0.930. The van der Waals surface area contributed by atoms with E-state index in [0.29, 0.717) is 5.56 Å². The van der Waals surface area contributed by atoms with Crippen LogP contribution in [-0.2, 0) is 33.3 Å². The number of amides is 1. The summed E-state index contributed by atoms with van der Waals surface area (Å²) in [6.45, 7) is 3.37. The van der Waals surface area contributed by atoms with E-state index in [1.165, 1.54) is 38.0 Å². The molecule has 188 valence electrons. The van der Waals surface area contributed by atoms with Gasteiger partial charge in [-0.1, -0.05) is 18.2 Å². The highest BCUT2D eigenvalue weighted by Crippen LogP contribution is 2.36. The van der Waals surface area contributed by atoms with Gasteiger partial charge < -0.3 is 24.3 Å². The van der Waals surface area contributed by atoms with Crippen LogP contribution in [-0.4, -0.2) is 68.3 Å². The molecule has 36 heavy (non-hydrogen) atoms. The van der Waals surface area contributed by atoms with Gasteiger partial charge in [0.2, 0.25) is 0 Å². The lowest BCUT2D eigenvalue weighted by Gasteiger charge is -2.23. The van der Waals surface area contributed by atoms with E-state index in [-0.39, 0.29) is 23.6 Å². The van der Waals surface area contributed by atoms with Gasteiger partial charge in [-0.3, -0.25) is 23.7 Å². The van der Waals surface area contributed by atoms with Crippen LogP contribution in [0.2, 0.25) is 0 Å². The fourth-order valence-electron chi connectivity index (χ4n) is 3.82. The van der Waals surface area contributed by atoms with E-state index in [2.05, 4.69) is 20.3 Å². The third kappa shape index (κ3) is 5.30. The van der Waals surface area contributed by atoms with E-state index < -0.39 is 48.4 Å². The van der Waals surface area contributed by atoms with Crippen molar-refractivity contribution in [2.24, 2.45) is 0 Å². The molecule has 4 unspecified atom stereocenters. The molecular weight excluding hydrogens is 474 g/mol. The van der Waals surface area contributed by atoms with Crippen LogP contribution in [0.25, 0.3) is 11.2 Å². The van der Waals surface area contributed by atoms with Crippen molar-refractivity contribution in [1.82, 2.24) is 19.5 Å². The summed E-state index contributed by atoms with van der Waals surface area (Å²) >= 11 is 0. The summed E-state index contributed by atoms with van der Waals surface area (Å²) in [6.07, 6.45) is -1.57. The van der Waals surface area contributed by atoms with Crippen molar-refractivity contribution in [3.8, 4) is 0 Å². The van der Waals surface area contributed by atoms with E-state index in [4.69, 9.17) is 18.9 Å². The van der Waals surface area contributed by atoms with Gasteiger partial charge in [-0.15, -0.1) is 0 Å². The average Bonchev–Trinajstić information content (AvgIpc) is 3.40. The number of anilines is 1. The fraction of sp³-hybridized carbons (Fsp3) is 0.348. The van der Waals surface area contributed by atoms with Gasteiger partial charge in [0.15, 0.2) is 35.4 Å². The minimum absolute atomic E-state index is 0.155. The molecule has 1 N–H and O–H groups in total. The Morgan fingerprint density at radius 1 is 0.944 bits per heavy atom. The second-order valence-electron chi connectivity index (χ2n) is 7.88. The molecule has 1 aromatic carbocycles. The lowest BCUT2D eigenvalue weighted by Crippen LogP contribution is -2.40.